The van der Waals surface area contributed by atoms with Gasteiger partial charge in [-0.15, -0.1) is 0 Å². The third-order valence-electron chi connectivity index (χ3n) is 4.02. The first-order valence-electron chi connectivity index (χ1n) is 7.50. The van der Waals surface area contributed by atoms with Crippen LogP contribution in [0.15, 0.2) is 18.6 Å². The van der Waals surface area contributed by atoms with E-state index in [0.29, 0.717) is 18.0 Å². The van der Waals surface area contributed by atoms with Crippen LogP contribution in [0.2, 0.25) is 0 Å². The van der Waals surface area contributed by atoms with Crippen LogP contribution in [-0.4, -0.2) is 27.2 Å². The fourth-order valence-corrected chi connectivity index (χ4v) is 2.81. The van der Waals surface area contributed by atoms with Crippen molar-refractivity contribution in [1.29, 1.82) is 0 Å². The summed E-state index contributed by atoms with van der Waals surface area (Å²) >= 11 is 0. The van der Waals surface area contributed by atoms with Crippen LogP contribution >= 0.6 is 0 Å². The molecule has 1 aliphatic rings. The third-order valence-corrected chi connectivity index (χ3v) is 4.02. The Bertz CT molecular complexity index is 576. The molecule has 0 radical (unpaired) electrons. The second kappa shape index (κ2) is 5.79. The lowest BCUT2D eigenvalue weighted by molar-refractivity contribution is 0.311. The van der Waals surface area contributed by atoms with Crippen LogP contribution in [0.3, 0.4) is 0 Å². The molecule has 1 aliphatic heterocycles. The minimum Gasteiger partial charge on any atom is -0.382 e. The minimum atomic E-state index is 0.336. The highest BCUT2D eigenvalue weighted by atomic mass is 16.6. The van der Waals surface area contributed by atoms with Crippen LogP contribution in [0.1, 0.15) is 45.1 Å². The van der Waals surface area contributed by atoms with Crippen molar-refractivity contribution in [2.45, 2.75) is 51.2 Å². The van der Waals surface area contributed by atoms with Crippen LogP contribution < -0.4 is 5.73 Å². The van der Waals surface area contributed by atoms with Gasteiger partial charge in [0.15, 0.2) is 5.82 Å². The molecule has 0 unspecified atom stereocenters. The molecule has 20 heavy (non-hydrogen) atoms. The topological polar surface area (TPSA) is 69.3 Å². The Kier molecular flexibility index (Phi) is 3.87. The maximum Gasteiger partial charge on any atom is 0.151 e. The van der Waals surface area contributed by atoms with E-state index < -0.39 is 0 Å². The Morgan fingerprint density at radius 3 is 3.00 bits per heavy atom. The molecule has 1 saturated heterocycles. The van der Waals surface area contributed by atoms with Crippen LogP contribution in [0.25, 0.3) is 11.0 Å². The van der Waals surface area contributed by atoms with Crippen molar-refractivity contribution in [3.05, 3.63) is 18.6 Å². The van der Waals surface area contributed by atoms with Gasteiger partial charge in [-0.25, -0.2) is 9.97 Å². The summed E-state index contributed by atoms with van der Waals surface area (Å²) in [5.41, 5.74) is 7.74. The summed E-state index contributed by atoms with van der Waals surface area (Å²) in [5, 5.41) is 0. The van der Waals surface area contributed by atoms with Gasteiger partial charge in [-0.2, -0.15) is 0 Å². The molecule has 108 valence electrons. The van der Waals surface area contributed by atoms with E-state index in [2.05, 4.69) is 21.5 Å². The fourth-order valence-electron chi connectivity index (χ4n) is 2.81. The molecule has 2 aromatic heterocycles. The van der Waals surface area contributed by atoms with Gasteiger partial charge in [0.05, 0.1) is 24.5 Å². The summed E-state index contributed by atoms with van der Waals surface area (Å²) in [4.78, 5) is 8.51. The molecule has 2 atom stereocenters. The van der Waals surface area contributed by atoms with Crippen molar-refractivity contribution in [2.75, 3.05) is 12.3 Å². The Morgan fingerprint density at radius 2 is 2.25 bits per heavy atom. The van der Waals surface area contributed by atoms with E-state index >= 15 is 0 Å². The Hall–Kier alpha value is -1.62. The third kappa shape index (κ3) is 2.63. The molecular formula is C15H22N4O. The summed E-state index contributed by atoms with van der Waals surface area (Å²) in [6.45, 7) is 3.10. The van der Waals surface area contributed by atoms with E-state index in [1.165, 1.54) is 25.7 Å². The number of pyridine rings is 1. The Balaban J connectivity index is 1.80. The number of unbranched alkanes of at least 4 members (excludes halogenated alkanes) is 3. The molecule has 2 aromatic rings. The first-order valence-corrected chi connectivity index (χ1v) is 7.50. The fraction of sp³-hybridized carbons (Fsp3) is 0.600. The number of nitrogens with zero attached hydrogens (tertiary/aromatic N) is 3. The number of imidazole rings is 1. The maximum absolute atomic E-state index is 5.88. The Labute approximate surface area is 119 Å². The first-order chi connectivity index (χ1) is 9.81. The molecular weight excluding hydrogens is 252 g/mol. The molecule has 3 rings (SSSR count). The predicted octanol–water partition coefficient (Wildman–Crippen LogP) is 2.92. The van der Waals surface area contributed by atoms with Gasteiger partial charge in [0.2, 0.25) is 0 Å². The summed E-state index contributed by atoms with van der Waals surface area (Å²) in [6.07, 6.45) is 10.2. The lowest BCUT2D eigenvalue weighted by atomic mass is 10.0. The van der Waals surface area contributed by atoms with Gasteiger partial charge in [-0.1, -0.05) is 32.6 Å². The monoisotopic (exact) mass is 274 g/mol. The number of aromatic nitrogens is 3. The number of epoxide rings is 1. The first kappa shape index (κ1) is 13.4. The highest BCUT2D eigenvalue weighted by molar-refractivity contribution is 5.84. The second-order valence-corrected chi connectivity index (χ2v) is 5.50. The van der Waals surface area contributed by atoms with Crippen LogP contribution in [0, 0.1) is 0 Å². The standard InChI is InChI=1S/C15H22N4O/c1-2-3-4-5-6-11(13-9-20-13)19-10-18-14-12(19)7-8-17-15(14)16/h7-8,10-11,13H,2-6,9H2,1H3,(H2,16,17)/t11-,13+/m1/s1. The second-order valence-electron chi connectivity index (χ2n) is 5.50. The molecule has 0 aromatic carbocycles. The lowest BCUT2D eigenvalue weighted by Gasteiger charge is -2.17. The van der Waals surface area contributed by atoms with E-state index in [0.717, 1.165) is 24.1 Å². The van der Waals surface area contributed by atoms with Gasteiger partial charge in [0.25, 0.3) is 0 Å². The molecule has 5 heteroatoms. The van der Waals surface area contributed by atoms with E-state index in [9.17, 15) is 0 Å². The lowest BCUT2D eigenvalue weighted by Crippen LogP contribution is -2.14. The number of hydrogen-bond donors (Lipinski definition) is 1. The van der Waals surface area contributed by atoms with E-state index in [1.807, 2.05) is 12.4 Å². The van der Waals surface area contributed by atoms with E-state index in [4.69, 9.17) is 10.5 Å². The van der Waals surface area contributed by atoms with Crippen molar-refractivity contribution in [3.8, 4) is 0 Å². The Morgan fingerprint density at radius 1 is 1.40 bits per heavy atom. The van der Waals surface area contributed by atoms with Gasteiger partial charge in [0, 0.05) is 6.20 Å². The number of nitrogen functional groups attached to an aromatic ring is 1. The molecule has 5 nitrogen and oxygen atoms in total. The average molecular weight is 274 g/mol. The zero-order valence-electron chi connectivity index (χ0n) is 12.0. The zero-order chi connectivity index (χ0) is 13.9. The van der Waals surface area contributed by atoms with Gasteiger partial charge in [0.1, 0.15) is 11.6 Å². The van der Waals surface area contributed by atoms with Gasteiger partial charge < -0.3 is 15.0 Å². The number of nitrogens with two attached hydrogens (primary N) is 1. The molecule has 1 fully saturated rings. The zero-order valence-corrected chi connectivity index (χ0v) is 12.0. The average Bonchev–Trinajstić information content (AvgIpc) is 3.19. The van der Waals surface area contributed by atoms with E-state index in [-0.39, 0.29) is 0 Å². The van der Waals surface area contributed by atoms with Crippen molar-refractivity contribution >= 4 is 16.9 Å². The molecule has 0 spiro atoms. The van der Waals surface area contributed by atoms with Crippen LogP contribution in [0.4, 0.5) is 5.82 Å². The predicted molar refractivity (Wildman–Crippen MR) is 79.5 cm³/mol. The van der Waals surface area contributed by atoms with Crippen LogP contribution in [-0.2, 0) is 4.74 Å². The molecule has 0 bridgehead atoms. The summed E-state index contributed by atoms with van der Waals surface area (Å²) < 4.78 is 7.75. The van der Waals surface area contributed by atoms with Gasteiger partial charge in [-0.3, -0.25) is 0 Å². The largest absolute Gasteiger partial charge is 0.382 e. The number of fused-ring (bicyclic) bond motifs is 1. The number of anilines is 1. The summed E-state index contributed by atoms with van der Waals surface area (Å²) in [7, 11) is 0. The molecule has 2 N–H and O–H groups in total. The van der Waals surface area contributed by atoms with Gasteiger partial charge in [-0.05, 0) is 12.5 Å². The van der Waals surface area contributed by atoms with Crippen molar-refractivity contribution in [2.24, 2.45) is 0 Å². The molecule has 0 aliphatic carbocycles. The van der Waals surface area contributed by atoms with Crippen molar-refractivity contribution in [1.82, 2.24) is 14.5 Å². The smallest absolute Gasteiger partial charge is 0.151 e. The summed E-state index contributed by atoms with van der Waals surface area (Å²) in [6, 6.07) is 2.36. The SMILES string of the molecule is CCCCCC[C@H]([C@@H]1CO1)n1cnc2c(N)nccc21. The van der Waals surface area contributed by atoms with Crippen LogP contribution in [0.5, 0.6) is 0 Å². The van der Waals surface area contributed by atoms with Crippen molar-refractivity contribution < 1.29 is 4.74 Å². The number of rotatable bonds is 7. The number of ether oxygens (including phenoxy) is 1. The quantitative estimate of drug-likeness (QED) is 0.622. The van der Waals surface area contributed by atoms with E-state index in [1.54, 1.807) is 6.20 Å². The highest BCUT2D eigenvalue weighted by Gasteiger charge is 2.34. The number of hydrogen-bond acceptors (Lipinski definition) is 4. The van der Waals surface area contributed by atoms with Crippen molar-refractivity contribution in [3.63, 3.8) is 0 Å². The maximum atomic E-state index is 5.88. The molecule has 3 heterocycles. The highest BCUT2D eigenvalue weighted by Crippen LogP contribution is 2.33. The molecule has 0 amide bonds. The minimum absolute atomic E-state index is 0.336. The molecule has 0 saturated carbocycles. The van der Waals surface area contributed by atoms with Gasteiger partial charge >= 0.3 is 0 Å². The summed E-state index contributed by atoms with van der Waals surface area (Å²) in [5.74, 6) is 0.502. The normalized spacial score (nSPS) is 19.4.